The maximum absolute atomic E-state index is 8.58. The Kier molecular flexibility index (Phi) is 78.7. The monoisotopic (exact) mass is 712 g/mol. The minimum atomic E-state index is -4.08. The fraction of sp³-hybridized carbons (Fsp3) is 0. The van der Waals surface area contributed by atoms with Gasteiger partial charge < -0.3 is 0 Å². The molecule has 9 nitrogen and oxygen atoms in total. The zero-order chi connectivity index (χ0) is 10.7. The van der Waals surface area contributed by atoms with Crippen LogP contribution >= 0.6 is 0 Å². The van der Waals surface area contributed by atoms with Crippen LogP contribution in [0.3, 0.4) is 0 Å². The minimum absolute atomic E-state index is 0. The average Bonchev–Trinajstić information content (AvgIpc) is 1.54. The Morgan fingerprint density at radius 3 is 0.533 bits per heavy atom. The summed E-state index contributed by atoms with van der Waals surface area (Å²) in [6, 6.07) is 0. The van der Waals surface area contributed by atoms with E-state index in [1.807, 2.05) is 0 Å². The molecule has 0 saturated heterocycles. The zero-order valence-electron chi connectivity index (χ0n) is 6.17. The van der Waals surface area contributed by atoms with Crippen molar-refractivity contribution < 1.29 is 170 Å². The van der Waals surface area contributed by atoms with Gasteiger partial charge in [-0.1, -0.05) is 0 Å². The van der Waals surface area contributed by atoms with E-state index in [4.69, 9.17) is 32.1 Å². The Morgan fingerprint density at radius 1 is 0.533 bits per heavy atom. The summed E-state index contributed by atoms with van der Waals surface area (Å²) in [4.78, 5) is 0. The summed E-state index contributed by atoms with van der Waals surface area (Å²) in [5, 5.41) is 0. The van der Waals surface area contributed by atoms with Gasteiger partial charge in [-0.05, 0) is 0 Å². The van der Waals surface area contributed by atoms with Crippen molar-refractivity contribution in [2.24, 2.45) is 0 Å². The van der Waals surface area contributed by atoms with Gasteiger partial charge in [0.2, 0.25) is 0 Å². The molecule has 0 aliphatic heterocycles. The van der Waals surface area contributed by atoms with Crippen molar-refractivity contribution in [3.05, 3.63) is 0 Å². The van der Waals surface area contributed by atoms with Gasteiger partial charge >= 0.3 is 219 Å². The number of rotatable bonds is 0. The van der Waals surface area contributed by atoms with E-state index in [0.717, 1.165) is 0 Å². The van der Waals surface area contributed by atoms with E-state index in [1.165, 1.54) is 0 Å². The van der Waals surface area contributed by atoms with Crippen LogP contribution in [0.25, 0.3) is 0 Å². The summed E-state index contributed by atoms with van der Waals surface area (Å²) in [6.07, 6.45) is 0. The molecule has 0 fully saturated rings. The van der Waals surface area contributed by atoms with E-state index < -0.39 is 55.8 Å². The van der Waals surface area contributed by atoms with Gasteiger partial charge in [0.1, 0.15) is 0 Å². The van der Waals surface area contributed by atoms with Gasteiger partial charge in [-0.3, -0.25) is 0 Å². The molecule has 0 rings (SSSR count). The molecule has 15 heteroatoms. The topological polar surface area (TPSA) is 190 Å². The molecule has 0 saturated carbocycles. The fourth-order valence-electron chi connectivity index (χ4n) is 0. The fourth-order valence-corrected chi connectivity index (χ4v) is 0. The van der Waals surface area contributed by atoms with E-state index in [-0.39, 0.29) is 131 Å². The predicted octanol–water partition coefficient (Wildman–Crippen LogP) is -8.41. The van der Waals surface area contributed by atoms with E-state index in [2.05, 4.69) is 0 Å². The molecule has 0 aromatic carbocycles. The van der Waals surface area contributed by atoms with Crippen LogP contribution in [-0.4, -0.2) is 48.9 Å². The number of hydrogen-bond donors (Lipinski definition) is 0. The van der Waals surface area contributed by atoms with Gasteiger partial charge in [-0.15, -0.1) is 0 Å². The third-order valence-electron chi connectivity index (χ3n) is 0. The van der Waals surface area contributed by atoms with Crippen LogP contribution in [0.2, 0.25) is 0 Å². The Balaban J connectivity index is -0.0000000184. The van der Waals surface area contributed by atoms with Crippen LogP contribution in [0.4, 0.5) is 0 Å². The molecule has 0 heterocycles. The third kappa shape index (κ3) is 195. The molecule has 0 spiro atoms. The summed E-state index contributed by atoms with van der Waals surface area (Å²) in [6.45, 7) is 0. The Hall–Kier alpha value is 5.58. The quantitative estimate of drug-likeness (QED) is 0.220. The normalized spacial score (nSPS) is 5.20. The van der Waals surface area contributed by atoms with E-state index >= 15 is 0 Å². The summed E-state index contributed by atoms with van der Waals surface area (Å²) >= 11 is -12.2. The first-order valence-electron chi connectivity index (χ1n) is 1.84. The molecule has 0 atom stereocenters. The molecule has 0 aliphatic carbocycles. The van der Waals surface area contributed by atoms with Gasteiger partial charge in [-0.25, -0.2) is 0 Å². The summed E-state index contributed by atoms with van der Waals surface area (Å²) in [5.41, 5.74) is 0. The van der Waals surface area contributed by atoms with E-state index in [0.29, 0.717) is 0 Å². The van der Waals surface area contributed by atoms with Crippen molar-refractivity contribution in [2.75, 3.05) is 0 Å². The molecule has 0 N–H and O–H groups in total. The summed E-state index contributed by atoms with van der Waals surface area (Å²) < 4.78 is 77.2. The van der Waals surface area contributed by atoms with Gasteiger partial charge in [0.05, 0.1) is 0 Å². The summed E-state index contributed by atoms with van der Waals surface area (Å²) in [7, 11) is 0. The Morgan fingerprint density at radius 2 is 0.533 bits per heavy atom. The van der Waals surface area contributed by atoms with Crippen molar-refractivity contribution in [3.63, 3.8) is 0 Å². The Bertz CT molecular complexity index is 121. The Labute approximate surface area is 212 Å². The number of hydrogen-bond acceptors (Lipinski definition) is 9. The van der Waals surface area contributed by atoms with Crippen LogP contribution < -0.4 is 22.1 Å². The molecule has 15 heavy (non-hydrogen) atoms. The molecule has 0 aromatic heterocycles. The molecule has 0 unspecified atom stereocenters. The standard InChI is InChI=1S/Ba.2Nd.9O.3Ti.2H/q;2*+3;;;;6*-1;;;;;. The maximum atomic E-state index is 8.58. The second-order valence-corrected chi connectivity index (χ2v) is 3.09. The van der Waals surface area contributed by atoms with Crippen molar-refractivity contribution >= 4 is 48.9 Å². The molecular weight excluding hydrogens is 713 g/mol. The van der Waals surface area contributed by atoms with Crippen LogP contribution in [0, 0.1) is 81.7 Å². The first-order valence-corrected chi connectivity index (χ1v) is 7.57. The second-order valence-electron chi connectivity index (χ2n) is 0.750. The first-order chi connectivity index (χ1) is 5.20. The molecule has 0 aliphatic rings. The second kappa shape index (κ2) is 31.8. The van der Waals surface area contributed by atoms with Crippen LogP contribution in [0.15, 0.2) is 0 Å². The van der Waals surface area contributed by atoms with E-state index in [1.54, 1.807) is 0 Å². The SMILES string of the molecule is [BaH2].[Nd+3].[Nd+3].[O]=[Ti]([O-])[O-].[O]=[Ti]([O-])[O-].[O]=[Ti]([O-])[O-]. The molecular formula is H2BaNd2O9Ti3. The van der Waals surface area contributed by atoms with Crippen LogP contribution in [-0.2, 0) is 65.8 Å². The van der Waals surface area contributed by atoms with Crippen molar-refractivity contribution in [1.29, 1.82) is 0 Å². The molecule has 78 valence electrons. The molecule has 0 aromatic rings. The predicted molar refractivity (Wildman–Crippen MR) is 10.6 cm³/mol. The van der Waals surface area contributed by atoms with Gasteiger partial charge in [0, 0.05) is 0 Å². The van der Waals surface area contributed by atoms with Crippen LogP contribution in [0.5, 0.6) is 0 Å². The zero-order valence-corrected chi connectivity index (χ0v) is 17.3. The van der Waals surface area contributed by atoms with Crippen molar-refractivity contribution in [3.8, 4) is 0 Å². The van der Waals surface area contributed by atoms with Crippen LogP contribution in [0.1, 0.15) is 0 Å². The first kappa shape index (κ1) is 37.1. The van der Waals surface area contributed by atoms with Crippen molar-refractivity contribution in [2.45, 2.75) is 0 Å². The van der Waals surface area contributed by atoms with Gasteiger partial charge in [-0.2, -0.15) is 0 Å². The van der Waals surface area contributed by atoms with Gasteiger partial charge in [0.25, 0.3) is 0 Å². The molecule has 0 amide bonds. The average molecular weight is 715 g/mol. The van der Waals surface area contributed by atoms with Crippen molar-refractivity contribution in [1.82, 2.24) is 0 Å². The van der Waals surface area contributed by atoms with Gasteiger partial charge in [0.15, 0.2) is 0 Å². The van der Waals surface area contributed by atoms with E-state index in [9.17, 15) is 0 Å². The third-order valence-corrected chi connectivity index (χ3v) is 0. The molecule has 0 bridgehead atoms. The molecule has 2 radical (unpaired) electrons. The summed E-state index contributed by atoms with van der Waals surface area (Å²) in [5.74, 6) is 0.